The van der Waals surface area contributed by atoms with Gasteiger partial charge in [0, 0.05) is 36.0 Å². The van der Waals surface area contributed by atoms with Crippen LogP contribution in [0.25, 0.3) is 10.8 Å². The van der Waals surface area contributed by atoms with Gasteiger partial charge in [0.2, 0.25) is 5.88 Å². The Morgan fingerprint density at radius 1 is 1.31 bits per heavy atom. The van der Waals surface area contributed by atoms with Crippen LogP contribution in [0.2, 0.25) is 0 Å². The van der Waals surface area contributed by atoms with Crippen molar-refractivity contribution in [3.8, 4) is 5.88 Å². The van der Waals surface area contributed by atoms with Gasteiger partial charge in [0.1, 0.15) is 17.6 Å². The molecule has 4 heterocycles. The summed E-state index contributed by atoms with van der Waals surface area (Å²) in [5.74, 6) is 0.922. The van der Waals surface area contributed by atoms with Crippen molar-refractivity contribution in [2.75, 3.05) is 31.6 Å². The van der Waals surface area contributed by atoms with Crippen LogP contribution in [0.4, 0.5) is 14.6 Å². The number of halogens is 2. The average Bonchev–Trinajstić information content (AvgIpc) is 3.16. The van der Waals surface area contributed by atoms with E-state index in [4.69, 9.17) is 9.47 Å². The number of alkyl halides is 2. The molecule has 0 bridgehead atoms. The Kier molecular flexibility index (Phi) is 5.12. The fourth-order valence-corrected chi connectivity index (χ4v) is 3.36. The first-order valence-electron chi connectivity index (χ1n) is 8.99. The number of nitrogens with zero attached hydrogens (tertiary/aromatic N) is 2. The zero-order valence-corrected chi connectivity index (χ0v) is 14.4. The maximum absolute atomic E-state index is 13.2. The quantitative estimate of drug-likeness (QED) is 0.850. The number of rotatable bonds is 5. The summed E-state index contributed by atoms with van der Waals surface area (Å²) >= 11 is 0. The number of hydrogen-bond acceptors (Lipinski definition) is 6. The second-order valence-electron chi connectivity index (χ2n) is 6.73. The molecule has 140 valence electrons. The third-order valence-corrected chi connectivity index (χ3v) is 4.74. The molecule has 2 aromatic rings. The summed E-state index contributed by atoms with van der Waals surface area (Å²) in [6.07, 6.45) is 1.68. The monoisotopic (exact) mass is 364 g/mol. The molecule has 2 atom stereocenters. The molecule has 0 spiro atoms. The van der Waals surface area contributed by atoms with E-state index in [2.05, 4.69) is 20.6 Å². The van der Waals surface area contributed by atoms with Gasteiger partial charge in [0.15, 0.2) is 0 Å². The van der Waals surface area contributed by atoms with Crippen LogP contribution >= 0.6 is 0 Å². The van der Waals surface area contributed by atoms with Crippen molar-refractivity contribution in [2.24, 2.45) is 0 Å². The number of anilines is 1. The molecule has 2 aromatic heterocycles. The van der Waals surface area contributed by atoms with Gasteiger partial charge in [-0.2, -0.15) is 0 Å². The molecule has 2 unspecified atom stereocenters. The van der Waals surface area contributed by atoms with E-state index >= 15 is 0 Å². The molecule has 4 rings (SSSR count). The van der Waals surface area contributed by atoms with Gasteiger partial charge in [-0.3, -0.25) is 0 Å². The molecule has 0 saturated carbocycles. The minimum Gasteiger partial charge on any atom is -0.471 e. The van der Waals surface area contributed by atoms with Crippen LogP contribution in [-0.2, 0) is 4.74 Å². The molecule has 2 fully saturated rings. The zero-order chi connectivity index (χ0) is 17.9. The standard InChI is InChI=1S/C18H22F2N4O2/c19-17(20)15-6-11-8-22-16(23-12-2-1-4-21-9-12)7-14(11)18(24-15)26-13-3-5-25-10-13/h6-8,12-13,17,21H,1-5,9-10H2,(H,22,23). The van der Waals surface area contributed by atoms with Crippen molar-refractivity contribution >= 4 is 16.6 Å². The number of ether oxygens (including phenoxy) is 2. The molecule has 2 aliphatic rings. The van der Waals surface area contributed by atoms with Crippen LogP contribution in [0.15, 0.2) is 18.3 Å². The summed E-state index contributed by atoms with van der Waals surface area (Å²) in [4.78, 5) is 8.44. The van der Waals surface area contributed by atoms with Crippen LogP contribution in [0, 0.1) is 0 Å². The van der Waals surface area contributed by atoms with Gasteiger partial charge in [-0.05, 0) is 31.5 Å². The van der Waals surface area contributed by atoms with Crippen LogP contribution in [0.1, 0.15) is 31.4 Å². The number of fused-ring (bicyclic) bond motifs is 1. The van der Waals surface area contributed by atoms with Crippen LogP contribution in [0.3, 0.4) is 0 Å². The summed E-state index contributed by atoms with van der Waals surface area (Å²) in [7, 11) is 0. The Morgan fingerprint density at radius 3 is 2.96 bits per heavy atom. The van der Waals surface area contributed by atoms with Gasteiger partial charge in [-0.1, -0.05) is 0 Å². The van der Waals surface area contributed by atoms with Crippen molar-refractivity contribution in [3.05, 3.63) is 24.0 Å². The van der Waals surface area contributed by atoms with Crippen molar-refractivity contribution < 1.29 is 18.3 Å². The molecule has 0 amide bonds. The highest BCUT2D eigenvalue weighted by Gasteiger charge is 2.22. The molecular formula is C18H22F2N4O2. The topological polar surface area (TPSA) is 68.3 Å². The van der Waals surface area contributed by atoms with Crippen molar-refractivity contribution in [3.63, 3.8) is 0 Å². The molecule has 0 aliphatic carbocycles. The minimum atomic E-state index is -2.66. The van der Waals surface area contributed by atoms with Crippen molar-refractivity contribution in [1.82, 2.24) is 15.3 Å². The summed E-state index contributed by atoms with van der Waals surface area (Å²) in [6, 6.07) is 3.50. The smallest absolute Gasteiger partial charge is 0.280 e. The highest BCUT2D eigenvalue weighted by molar-refractivity contribution is 5.88. The molecule has 26 heavy (non-hydrogen) atoms. The summed E-state index contributed by atoms with van der Waals surface area (Å²) in [5.41, 5.74) is -0.301. The van der Waals surface area contributed by atoms with E-state index in [-0.39, 0.29) is 17.7 Å². The average molecular weight is 364 g/mol. The maximum Gasteiger partial charge on any atom is 0.280 e. The summed E-state index contributed by atoms with van der Waals surface area (Å²) in [6.45, 7) is 2.97. The molecule has 8 heteroatoms. The lowest BCUT2D eigenvalue weighted by atomic mass is 10.1. The van der Waals surface area contributed by atoms with E-state index in [1.807, 2.05) is 6.07 Å². The Hall–Kier alpha value is -2.06. The SMILES string of the molecule is FC(F)c1cc2cnc(NC3CCCNC3)cc2c(OC2CCOC2)n1. The van der Waals surface area contributed by atoms with E-state index in [1.54, 1.807) is 6.20 Å². The van der Waals surface area contributed by atoms with Crippen LogP contribution in [0.5, 0.6) is 5.88 Å². The number of piperidine rings is 1. The first kappa shape index (κ1) is 17.4. The van der Waals surface area contributed by atoms with Gasteiger partial charge < -0.3 is 20.1 Å². The van der Waals surface area contributed by atoms with Gasteiger partial charge in [0.25, 0.3) is 6.43 Å². The van der Waals surface area contributed by atoms with Gasteiger partial charge in [0.05, 0.1) is 13.2 Å². The Morgan fingerprint density at radius 2 is 2.23 bits per heavy atom. The minimum absolute atomic E-state index is 0.161. The molecule has 0 aromatic carbocycles. The maximum atomic E-state index is 13.2. The Bertz CT molecular complexity index is 762. The lowest BCUT2D eigenvalue weighted by Crippen LogP contribution is -2.38. The highest BCUT2D eigenvalue weighted by Crippen LogP contribution is 2.31. The lowest BCUT2D eigenvalue weighted by molar-refractivity contribution is 0.132. The first-order valence-corrected chi connectivity index (χ1v) is 8.99. The fraction of sp³-hybridized carbons (Fsp3) is 0.556. The van der Waals surface area contributed by atoms with Gasteiger partial charge in [-0.25, -0.2) is 18.7 Å². The van der Waals surface area contributed by atoms with Gasteiger partial charge in [-0.15, -0.1) is 0 Å². The van der Waals surface area contributed by atoms with E-state index in [1.165, 1.54) is 6.07 Å². The molecule has 2 aliphatic heterocycles. The molecule has 2 N–H and O–H groups in total. The predicted molar refractivity (Wildman–Crippen MR) is 93.9 cm³/mol. The summed E-state index contributed by atoms with van der Waals surface area (Å²) in [5, 5.41) is 8.03. The highest BCUT2D eigenvalue weighted by atomic mass is 19.3. The van der Waals surface area contributed by atoms with Crippen LogP contribution in [-0.4, -0.2) is 48.4 Å². The van der Waals surface area contributed by atoms with Gasteiger partial charge >= 0.3 is 0 Å². The van der Waals surface area contributed by atoms with E-state index in [9.17, 15) is 8.78 Å². The molecular weight excluding hydrogens is 342 g/mol. The predicted octanol–water partition coefficient (Wildman–Crippen LogP) is 2.90. The molecule has 6 nitrogen and oxygen atoms in total. The second-order valence-corrected chi connectivity index (χ2v) is 6.73. The summed E-state index contributed by atoms with van der Waals surface area (Å²) < 4.78 is 37.6. The number of nitrogens with one attached hydrogen (secondary N) is 2. The van der Waals surface area contributed by atoms with E-state index in [0.29, 0.717) is 35.8 Å². The third kappa shape index (κ3) is 3.86. The van der Waals surface area contributed by atoms with Crippen molar-refractivity contribution in [1.29, 1.82) is 0 Å². The Balaban J connectivity index is 1.65. The largest absolute Gasteiger partial charge is 0.471 e. The number of aromatic nitrogens is 2. The first-order chi connectivity index (χ1) is 12.7. The number of hydrogen-bond donors (Lipinski definition) is 2. The molecule has 0 radical (unpaired) electrons. The zero-order valence-electron chi connectivity index (χ0n) is 14.4. The van der Waals surface area contributed by atoms with E-state index in [0.717, 1.165) is 32.4 Å². The van der Waals surface area contributed by atoms with Crippen LogP contribution < -0.4 is 15.4 Å². The number of pyridine rings is 2. The second kappa shape index (κ2) is 7.67. The fourth-order valence-electron chi connectivity index (χ4n) is 3.36. The van der Waals surface area contributed by atoms with Crippen molar-refractivity contribution in [2.45, 2.75) is 37.8 Å². The molecule has 2 saturated heterocycles. The Labute approximate surface area is 150 Å². The normalized spacial score (nSPS) is 23.5. The lowest BCUT2D eigenvalue weighted by Gasteiger charge is -2.24. The third-order valence-electron chi connectivity index (χ3n) is 4.74. The van der Waals surface area contributed by atoms with E-state index < -0.39 is 6.43 Å².